The highest BCUT2D eigenvalue weighted by molar-refractivity contribution is 6.32. The largest absolute Gasteiger partial charge is 0.462 e. The molecule has 1 saturated heterocycles. The lowest BCUT2D eigenvalue weighted by Crippen LogP contribution is -2.40. The van der Waals surface area contributed by atoms with Crippen LogP contribution in [0, 0.1) is 0 Å². The highest BCUT2D eigenvalue weighted by atomic mass is 16.7. The number of nitrogens with zero attached hydrogens (tertiary/aromatic N) is 2. The van der Waals surface area contributed by atoms with E-state index >= 15 is 0 Å². The van der Waals surface area contributed by atoms with Crippen LogP contribution in [0.3, 0.4) is 0 Å². The van der Waals surface area contributed by atoms with Crippen molar-refractivity contribution in [2.24, 2.45) is 4.99 Å². The average Bonchev–Trinajstić information content (AvgIpc) is 2.67. The fraction of sp³-hybridized carbons (Fsp3) is 0.778. The van der Waals surface area contributed by atoms with Crippen molar-refractivity contribution in [3.8, 4) is 0 Å². The van der Waals surface area contributed by atoms with Crippen LogP contribution in [0.15, 0.2) is 4.99 Å². The molecule has 1 unspecified atom stereocenters. The summed E-state index contributed by atoms with van der Waals surface area (Å²) in [6.45, 7) is 4.14. The SMILES string of the molecule is COC(=O)C1=NC2CCC(C)(C)N2O1. The van der Waals surface area contributed by atoms with Crippen LogP contribution in [0.4, 0.5) is 0 Å². The van der Waals surface area contributed by atoms with Crippen molar-refractivity contribution < 1.29 is 14.4 Å². The number of aliphatic imine (C=N–C) groups is 1. The lowest BCUT2D eigenvalue weighted by Gasteiger charge is -2.27. The van der Waals surface area contributed by atoms with Crippen LogP contribution < -0.4 is 0 Å². The Labute approximate surface area is 82.6 Å². The molecule has 0 aromatic rings. The van der Waals surface area contributed by atoms with Gasteiger partial charge in [-0.15, -0.1) is 5.06 Å². The number of rotatable bonds is 1. The van der Waals surface area contributed by atoms with Crippen molar-refractivity contribution in [1.29, 1.82) is 0 Å². The number of ether oxygens (including phenoxy) is 1. The van der Waals surface area contributed by atoms with E-state index in [1.54, 1.807) is 5.06 Å². The molecule has 2 aliphatic heterocycles. The van der Waals surface area contributed by atoms with Crippen molar-refractivity contribution in [2.75, 3.05) is 7.11 Å². The predicted octanol–water partition coefficient (Wildman–Crippen LogP) is 0.704. The van der Waals surface area contributed by atoms with Crippen molar-refractivity contribution in [1.82, 2.24) is 5.06 Å². The van der Waals surface area contributed by atoms with Crippen LogP contribution in [-0.2, 0) is 14.4 Å². The molecule has 2 heterocycles. The Bertz CT molecular complexity index is 298. The van der Waals surface area contributed by atoms with Gasteiger partial charge in [-0.3, -0.25) is 0 Å². The number of hydrogen-bond acceptors (Lipinski definition) is 5. The number of carbonyl (C=O) groups excluding carboxylic acids is 1. The van der Waals surface area contributed by atoms with Gasteiger partial charge < -0.3 is 9.57 Å². The summed E-state index contributed by atoms with van der Waals surface area (Å²) in [7, 11) is 1.32. The van der Waals surface area contributed by atoms with Crippen LogP contribution in [0.2, 0.25) is 0 Å². The van der Waals surface area contributed by atoms with Crippen LogP contribution in [0.5, 0.6) is 0 Å². The van der Waals surface area contributed by atoms with Crippen molar-refractivity contribution in [3.63, 3.8) is 0 Å². The Balaban J connectivity index is 2.14. The third-order valence-electron chi connectivity index (χ3n) is 2.69. The first kappa shape index (κ1) is 9.45. The normalized spacial score (nSPS) is 29.4. The average molecular weight is 198 g/mol. The second kappa shape index (κ2) is 2.95. The maximum atomic E-state index is 11.2. The zero-order chi connectivity index (χ0) is 10.3. The standard InChI is InChI=1S/C9H14N2O3/c1-9(2)5-4-6-10-7(8(12)13-3)14-11(6)9/h6H,4-5H2,1-3H3. The molecule has 0 aromatic carbocycles. The molecule has 0 spiro atoms. The van der Waals surface area contributed by atoms with Gasteiger partial charge in [0.25, 0.3) is 0 Å². The van der Waals surface area contributed by atoms with Crippen LogP contribution in [0.1, 0.15) is 26.7 Å². The molecule has 2 rings (SSSR count). The number of hydroxylamine groups is 2. The van der Waals surface area contributed by atoms with E-state index in [0.717, 1.165) is 12.8 Å². The van der Waals surface area contributed by atoms with Gasteiger partial charge in [-0.2, -0.15) is 0 Å². The Morgan fingerprint density at radius 3 is 3.00 bits per heavy atom. The number of carbonyl (C=O) groups is 1. The number of hydrogen-bond donors (Lipinski definition) is 0. The first-order valence-electron chi connectivity index (χ1n) is 4.68. The summed E-state index contributed by atoms with van der Waals surface area (Å²) in [5.41, 5.74) is -0.0516. The fourth-order valence-electron chi connectivity index (χ4n) is 1.84. The smallest absolute Gasteiger partial charge is 0.395 e. The van der Waals surface area contributed by atoms with Gasteiger partial charge >= 0.3 is 11.9 Å². The molecule has 1 atom stereocenters. The van der Waals surface area contributed by atoms with E-state index in [-0.39, 0.29) is 17.6 Å². The van der Waals surface area contributed by atoms with Crippen molar-refractivity contribution in [2.45, 2.75) is 38.4 Å². The molecule has 14 heavy (non-hydrogen) atoms. The van der Waals surface area contributed by atoms with Crippen molar-refractivity contribution in [3.05, 3.63) is 0 Å². The molecule has 2 aliphatic rings. The molecule has 5 nitrogen and oxygen atoms in total. The highest BCUT2D eigenvalue weighted by Gasteiger charge is 2.47. The molecule has 0 amide bonds. The van der Waals surface area contributed by atoms with E-state index in [1.165, 1.54) is 7.11 Å². The van der Waals surface area contributed by atoms with Gasteiger partial charge in [0.2, 0.25) is 0 Å². The Kier molecular flexibility index (Phi) is 1.99. The van der Waals surface area contributed by atoms with Crippen LogP contribution >= 0.6 is 0 Å². The molecule has 0 N–H and O–H groups in total. The van der Waals surface area contributed by atoms with Crippen molar-refractivity contribution >= 4 is 11.9 Å². The first-order chi connectivity index (χ1) is 6.54. The molecule has 78 valence electrons. The molecule has 0 aromatic heterocycles. The molecular formula is C9H14N2O3. The first-order valence-corrected chi connectivity index (χ1v) is 4.68. The Hall–Kier alpha value is -1.10. The minimum absolute atomic E-state index is 0.0147. The van der Waals surface area contributed by atoms with E-state index in [0.29, 0.717) is 0 Å². The third kappa shape index (κ3) is 1.28. The van der Waals surface area contributed by atoms with E-state index in [4.69, 9.17) is 4.84 Å². The van der Waals surface area contributed by atoms with E-state index in [2.05, 4.69) is 23.6 Å². The van der Waals surface area contributed by atoms with Gasteiger partial charge in [0.15, 0.2) is 0 Å². The maximum absolute atomic E-state index is 11.2. The molecule has 0 aliphatic carbocycles. The van der Waals surface area contributed by atoms with Gasteiger partial charge in [-0.1, -0.05) is 0 Å². The molecular weight excluding hydrogens is 184 g/mol. The summed E-state index contributed by atoms with van der Waals surface area (Å²) < 4.78 is 4.55. The van der Waals surface area contributed by atoms with E-state index < -0.39 is 5.97 Å². The fourth-order valence-corrected chi connectivity index (χ4v) is 1.84. The summed E-state index contributed by atoms with van der Waals surface area (Å²) in [6, 6.07) is 0. The molecule has 5 heteroatoms. The van der Waals surface area contributed by atoms with E-state index in [9.17, 15) is 4.79 Å². The second-order valence-electron chi connectivity index (χ2n) is 4.17. The zero-order valence-electron chi connectivity index (χ0n) is 8.61. The molecule has 0 bridgehead atoms. The van der Waals surface area contributed by atoms with Gasteiger partial charge in [0.05, 0.1) is 12.6 Å². The lowest BCUT2D eigenvalue weighted by molar-refractivity contribution is -0.148. The lowest BCUT2D eigenvalue weighted by atomic mass is 10.0. The third-order valence-corrected chi connectivity index (χ3v) is 2.69. The minimum Gasteiger partial charge on any atom is -0.462 e. The topological polar surface area (TPSA) is 51.1 Å². The summed E-state index contributed by atoms with van der Waals surface area (Å²) in [5, 5.41) is 1.78. The maximum Gasteiger partial charge on any atom is 0.395 e. The summed E-state index contributed by atoms with van der Waals surface area (Å²) >= 11 is 0. The zero-order valence-corrected chi connectivity index (χ0v) is 8.61. The molecule has 1 fully saturated rings. The van der Waals surface area contributed by atoms with Gasteiger partial charge in [0.1, 0.15) is 6.17 Å². The molecule has 0 radical (unpaired) electrons. The van der Waals surface area contributed by atoms with Gasteiger partial charge in [0, 0.05) is 0 Å². The summed E-state index contributed by atoms with van der Waals surface area (Å²) in [6.07, 6.45) is 1.93. The number of methoxy groups -OCH3 is 1. The quantitative estimate of drug-likeness (QED) is 0.582. The summed E-state index contributed by atoms with van der Waals surface area (Å²) in [4.78, 5) is 20.7. The predicted molar refractivity (Wildman–Crippen MR) is 49.5 cm³/mol. The van der Waals surface area contributed by atoms with Gasteiger partial charge in [-0.25, -0.2) is 9.79 Å². The summed E-state index contributed by atoms with van der Waals surface area (Å²) in [5.74, 6) is -0.430. The monoisotopic (exact) mass is 198 g/mol. The Morgan fingerprint density at radius 1 is 1.71 bits per heavy atom. The Morgan fingerprint density at radius 2 is 2.43 bits per heavy atom. The number of fused-ring (bicyclic) bond motifs is 1. The van der Waals surface area contributed by atoms with Crippen LogP contribution in [0.25, 0.3) is 0 Å². The highest BCUT2D eigenvalue weighted by Crippen LogP contribution is 2.37. The minimum atomic E-state index is -0.504. The molecule has 0 saturated carbocycles. The van der Waals surface area contributed by atoms with Gasteiger partial charge in [-0.05, 0) is 26.7 Å². The van der Waals surface area contributed by atoms with Crippen LogP contribution in [-0.4, -0.2) is 35.7 Å². The van der Waals surface area contributed by atoms with E-state index in [1.807, 2.05) is 0 Å². The number of esters is 1. The second-order valence-corrected chi connectivity index (χ2v) is 4.17.